The van der Waals surface area contributed by atoms with E-state index in [1.807, 2.05) is 0 Å². The van der Waals surface area contributed by atoms with Crippen LogP contribution in [0.3, 0.4) is 0 Å². The van der Waals surface area contributed by atoms with Gasteiger partial charge in [-0.25, -0.2) is 0 Å². The number of alkyl halides is 6. The second-order valence-corrected chi connectivity index (χ2v) is 6.92. The first-order valence-electron chi connectivity index (χ1n) is 9.19. The number of carbonyl (C=O) groups excluding carboxylic acids is 2. The fourth-order valence-electron chi connectivity index (χ4n) is 2.38. The molecule has 2 amide bonds. The van der Waals surface area contributed by atoms with Crippen LogP contribution < -0.4 is 20.1 Å². The smallest absolute Gasteiger partial charge is 0.422 e. The van der Waals surface area contributed by atoms with Gasteiger partial charge in [0, 0.05) is 23.7 Å². The zero-order valence-corrected chi connectivity index (χ0v) is 17.4. The van der Waals surface area contributed by atoms with E-state index >= 15 is 0 Å². The maximum atomic E-state index is 12.5. The minimum atomic E-state index is -4.70. The third-order valence-electron chi connectivity index (χ3n) is 3.79. The molecule has 0 saturated heterocycles. The zero-order valence-electron chi connectivity index (χ0n) is 16.6. The summed E-state index contributed by atoms with van der Waals surface area (Å²) in [6.45, 7) is -3.55. The summed E-state index contributed by atoms with van der Waals surface area (Å²) in [5.41, 5.74) is -0.161. The van der Waals surface area contributed by atoms with E-state index in [2.05, 4.69) is 20.1 Å². The van der Waals surface area contributed by atoms with Crippen LogP contribution in [0.4, 0.5) is 26.3 Å². The standard InChI is InChI=1S/C20H17ClF6N2O4/c21-13-3-1-12(2-4-13)17(30)28-7-8-29-18(31)15-9-14(32-10-19(22,23)24)5-6-16(15)33-11-20(25,26)27/h1-6,9H,7-8,10-11H2,(H,28,30)(H,29,31). The van der Waals surface area contributed by atoms with Crippen LogP contribution in [0, 0.1) is 0 Å². The second kappa shape index (κ2) is 11.1. The first-order valence-corrected chi connectivity index (χ1v) is 9.57. The third kappa shape index (κ3) is 9.48. The summed E-state index contributed by atoms with van der Waals surface area (Å²) in [5.74, 6) is -2.30. The molecule has 180 valence electrons. The molecule has 0 bridgehead atoms. The van der Waals surface area contributed by atoms with Gasteiger partial charge in [0.05, 0.1) is 5.56 Å². The predicted molar refractivity (Wildman–Crippen MR) is 106 cm³/mol. The fraction of sp³-hybridized carbons (Fsp3) is 0.300. The van der Waals surface area contributed by atoms with Crippen molar-refractivity contribution in [3.05, 3.63) is 58.6 Å². The Morgan fingerprint density at radius 1 is 0.788 bits per heavy atom. The molecule has 2 aromatic rings. The van der Waals surface area contributed by atoms with E-state index < -0.39 is 54.4 Å². The van der Waals surface area contributed by atoms with Gasteiger partial charge in [-0.1, -0.05) is 11.6 Å². The van der Waals surface area contributed by atoms with Gasteiger partial charge >= 0.3 is 12.4 Å². The van der Waals surface area contributed by atoms with Gasteiger partial charge in [-0.05, 0) is 42.5 Å². The molecule has 0 radical (unpaired) electrons. The van der Waals surface area contributed by atoms with Crippen molar-refractivity contribution in [2.24, 2.45) is 0 Å². The molecule has 2 rings (SSSR count). The number of benzene rings is 2. The van der Waals surface area contributed by atoms with E-state index in [9.17, 15) is 35.9 Å². The lowest BCUT2D eigenvalue weighted by Crippen LogP contribution is -2.35. The highest BCUT2D eigenvalue weighted by molar-refractivity contribution is 6.30. The van der Waals surface area contributed by atoms with E-state index in [1.165, 1.54) is 24.3 Å². The molecule has 0 unspecified atom stereocenters. The van der Waals surface area contributed by atoms with Crippen LogP contribution in [0.1, 0.15) is 20.7 Å². The lowest BCUT2D eigenvalue weighted by Gasteiger charge is -2.15. The van der Waals surface area contributed by atoms with Gasteiger partial charge in [0.2, 0.25) is 0 Å². The Kier molecular flexibility index (Phi) is 8.80. The van der Waals surface area contributed by atoms with Crippen molar-refractivity contribution in [1.29, 1.82) is 0 Å². The van der Waals surface area contributed by atoms with Gasteiger partial charge in [-0.15, -0.1) is 0 Å². The first kappa shape index (κ1) is 26.1. The van der Waals surface area contributed by atoms with Gasteiger partial charge in [-0.3, -0.25) is 9.59 Å². The van der Waals surface area contributed by atoms with Crippen molar-refractivity contribution in [2.45, 2.75) is 12.4 Å². The molecule has 13 heteroatoms. The predicted octanol–water partition coefficient (Wildman–Crippen LogP) is 4.38. The minimum absolute atomic E-state index is 0.0454. The van der Waals surface area contributed by atoms with Crippen molar-refractivity contribution < 1.29 is 45.4 Å². The Morgan fingerprint density at radius 2 is 1.33 bits per heavy atom. The lowest BCUT2D eigenvalue weighted by atomic mass is 10.1. The van der Waals surface area contributed by atoms with Crippen LogP contribution in [0.15, 0.2) is 42.5 Å². The number of carbonyl (C=O) groups is 2. The molecule has 2 N–H and O–H groups in total. The highest BCUT2D eigenvalue weighted by Gasteiger charge is 2.30. The number of nitrogens with one attached hydrogen (secondary N) is 2. The number of ether oxygens (including phenoxy) is 2. The molecule has 0 heterocycles. The highest BCUT2D eigenvalue weighted by Crippen LogP contribution is 2.27. The summed E-state index contributed by atoms with van der Waals surface area (Å²) in [7, 11) is 0. The normalized spacial score (nSPS) is 11.6. The average molecular weight is 499 g/mol. The van der Waals surface area contributed by atoms with Crippen LogP contribution in [-0.2, 0) is 0 Å². The van der Waals surface area contributed by atoms with Crippen molar-refractivity contribution in [1.82, 2.24) is 10.6 Å². The van der Waals surface area contributed by atoms with Crippen molar-refractivity contribution >= 4 is 23.4 Å². The number of amides is 2. The number of hydrogen-bond donors (Lipinski definition) is 2. The van der Waals surface area contributed by atoms with Gasteiger partial charge in [0.1, 0.15) is 11.5 Å². The van der Waals surface area contributed by atoms with Crippen LogP contribution in [0.2, 0.25) is 5.02 Å². The summed E-state index contributed by atoms with van der Waals surface area (Å²) in [6.07, 6.45) is -9.36. The Balaban J connectivity index is 2.01. The van der Waals surface area contributed by atoms with E-state index in [4.69, 9.17) is 11.6 Å². The summed E-state index contributed by atoms with van der Waals surface area (Å²) >= 11 is 5.73. The average Bonchev–Trinajstić information content (AvgIpc) is 2.73. The van der Waals surface area contributed by atoms with Crippen molar-refractivity contribution in [2.75, 3.05) is 26.3 Å². The maximum Gasteiger partial charge on any atom is 0.422 e. The molecule has 0 aliphatic carbocycles. The fourth-order valence-corrected chi connectivity index (χ4v) is 2.50. The molecule has 6 nitrogen and oxygen atoms in total. The van der Waals surface area contributed by atoms with E-state index in [1.54, 1.807) is 0 Å². The van der Waals surface area contributed by atoms with Crippen LogP contribution in [0.5, 0.6) is 11.5 Å². The van der Waals surface area contributed by atoms with Crippen LogP contribution >= 0.6 is 11.6 Å². The Morgan fingerprint density at radius 3 is 1.91 bits per heavy atom. The van der Waals surface area contributed by atoms with Gasteiger partial charge < -0.3 is 20.1 Å². The first-order chi connectivity index (χ1) is 15.3. The molecule has 0 aromatic heterocycles. The Bertz CT molecular complexity index is 965. The Hall–Kier alpha value is -3.15. The van der Waals surface area contributed by atoms with E-state index in [0.717, 1.165) is 18.2 Å². The SMILES string of the molecule is O=C(NCCNC(=O)c1cc(OCC(F)(F)F)ccc1OCC(F)(F)F)c1ccc(Cl)cc1. The van der Waals surface area contributed by atoms with Crippen LogP contribution in [-0.4, -0.2) is 50.5 Å². The van der Waals surface area contributed by atoms with E-state index in [-0.39, 0.29) is 13.1 Å². The monoisotopic (exact) mass is 498 g/mol. The maximum absolute atomic E-state index is 12.5. The molecule has 0 atom stereocenters. The summed E-state index contributed by atoms with van der Waals surface area (Å²) in [4.78, 5) is 24.4. The molecular formula is C20H17ClF6N2O4. The molecule has 0 aliphatic rings. The second-order valence-electron chi connectivity index (χ2n) is 6.48. The molecular weight excluding hydrogens is 482 g/mol. The molecule has 33 heavy (non-hydrogen) atoms. The summed E-state index contributed by atoms with van der Waals surface area (Å²) in [5, 5.41) is 5.28. The highest BCUT2D eigenvalue weighted by atomic mass is 35.5. The lowest BCUT2D eigenvalue weighted by molar-refractivity contribution is -0.154. The Labute approximate surface area is 188 Å². The molecule has 0 fully saturated rings. The van der Waals surface area contributed by atoms with E-state index in [0.29, 0.717) is 10.6 Å². The largest absolute Gasteiger partial charge is 0.484 e. The zero-order chi connectivity index (χ0) is 24.6. The number of rotatable bonds is 9. The molecule has 0 saturated carbocycles. The van der Waals surface area contributed by atoms with Crippen molar-refractivity contribution in [3.63, 3.8) is 0 Å². The van der Waals surface area contributed by atoms with Gasteiger partial charge in [0.15, 0.2) is 13.2 Å². The summed E-state index contributed by atoms with van der Waals surface area (Å²) in [6, 6.07) is 8.65. The number of halogens is 7. The topological polar surface area (TPSA) is 76.7 Å². The van der Waals surface area contributed by atoms with Gasteiger partial charge in [-0.2, -0.15) is 26.3 Å². The quantitative estimate of drug-likeness (QED) is 0.397. The third-order valence-corrected chi connectivity index (χ3v) is 4.04. The molecule has 2 aromatic carbocycles. The number of hydrogen-bond acceptors (Lipinski definition) is 4. The molecule has 0 aliphatic heterocycles. The van der Waals surface area contributed by atoms with Gasteiger partial charge in [0.25, 0.3) is 11.8 Å². The van der Waals surface area contributed by atoms with Crippen LogP contribution in [0.25, 0.3) is 0 Å². The summed E-state index contributed by atoms with van der Waals surface area (Å²) < 4.78 is 83.6. The minimum Gasteiger partial charge on any atom is -0.484 e. The van der Waals surface area contributed by atoms with Crippen molar-refractivity contribution in [3.8, 4) is 11.5 Å². The molecule has 0 spiro atoms.